The molecule has 2 amide bonds. The molecule has 1 aliphatic rings. The second-order valence-corrected chi connectivity index (χ2v) is 8.35. The highest BCUT2D eigenvalue weighted by Gasteiger charge is 2.22. The number of piperazine rings is 1. The van der Waals surface area contributed by atoms with Crippen LogP contribution in [0.4, 0.5) is 5.82 Å². The summed E-state index contributed by atoms with van der Waals surface area (Å²) in [5, 5.41) is 2.93. The van der Waals surface area contributed by atoms with Crippen LogP contribution in [0, 0.1) is 6.92 Å². The molecule has 2 aromatic rings. The zero-order valence-corrected chi connectivity index (χ0v) is 18.8. The van der Waals surface area contributed by atoms with Gasteiger partial charge in [0.25, 0.3) is 5.91 Å². The Morgan fingerprint density at radius 1 is 1.03 bits per heavy atom. The van der Waals surface area contributed by atoms with E-state index in [1.54, 1.807) is 6.20 Å². The maximum atomic E-state index is 12.6. The van der Waals surface area contributed by atoms with E-state index < -0.39 is 0 Å². The number of nitrogens with one attached hydrogen (secondary N) is 1. The zero-order valence-electron chi connectivity index (χ0n) is 18.8. The zero-order chi connectivity index (χ0) is 22.2. The van der Waals surface area contributed by atoms with Crippen LogP contribution in [0.25, 0.3) is 0 Å². The van der Waals surface area contributed by atoms with Crippen molar-refractivity contribution < 1.29 is 9.59 Å². The quantitative estimate of drug-likeness (QED) is 0.658. The SMILES string of the molecule is Cc1ccc(CC(=O)N2CCN(c3ccc(C(=O)NCCCN(C)C)cn3)CC2)cc1. The van der Waals surface area contributed by atoms with E-state index in [9.17, 15) is 9.59 Å². The third-order valence-corrected chi connectivity index (χ3v) is 5.51. The van der Waals surface area contributed by atoms with Gasteiger partial charge in [0.05, 0.1) is 12.0 Å². The van der Waals surface area contributed by atoms with Crippen molar-refractivity contribution >= 4 is 17.6 Å². The van der Waals surface area contributed by atoms with E-state index in [1.807, 2.05) is 62.3 Å². The highest BCUT2D eigenvalue weighted by Crippen LogP contribution is 2.15. The number of carbonyl (C=O) groups excluding carboxylic acids is 2. The van der Waals surface area contributed by atoms with Crippen LogP contribution in [0.1, 0.15) is 27.9 Å². The fraction of sp³-hybridized carbons (Fsp3) is 0.458. The average Bonchev–Trinajstić information content (AvgIpc) is 2.78. The van der Waals surface area contributed by atoms with Crippen LogP contribution in [0.3, 0.4) is 0 Å². The number of aromatic nitrogens is 1. The molecule has 7 nitrogen and oxygen atoms in total. The van der Waals surface area contributed by atoms with Crippen LogP contribution in [0.5, 0.6) is 0 Å². The molecule has 1 aromatic heterocycles. The van der Waals surface area contributed by atoms with Gasteiger partial charge in [0, 0.05) is 38.9 Å². The third-order valence-electron chi connectivity index (χ3n) is 5.51. The number of benzene rings is 1. The van der Waals surface area contributed by atoms with Crippen LogP contribution in [0.15, 0.2) is 42.6 Å². The number of amides is 2. The molecule has 1 N–H and O–H groups in total. The summed E-state index contributed by atoms with van der Waals surface area (Å²) in [4.78, 5) is 35.5. The molecular formula is C24H33N5O2. The highest BCUT2D eigenvalue weighted by molar-refractivity contribution is 5.94. The first-order valence-corrected chi connectivity index (χ1v) is 10.9. The van der Waals surface area contributed by atoms with E-state index in [4.69, 9.17) is 0 Å². The lowest BCUT2D eigenvalue weighted by molar-refractivity contribution is -0.130. The van der Waals surface area contributed by atoms with Crippen molar-refractivity contribution in [2.45, 2.75) is 19.8 Å². The first kappa shape index (κ1) is 22.7. The van der Waals surface area contributed by atoms with Gasteiger partial charge >= 0.3 is 0 Å². The molecule has 0 unspecified atom stereocenters. The lowest BCUT2D eigenvalue weighted by atomic mass is 10.1. The number of rotatable bonds is 8. The summed E-state index contributed by atoms with van der Waals surface area (Å²) in [6.45, 7) is 6.48. The molecule has 0 radical (unpaired) electrons. The van der Waals surface area contributed by atoms with Gasteiger partial charge in [-0.3, -0.25) is 9.59 Å². The van der Waals surface area contributed by atoms with Crippen LogP contribution in [0.2, 0.25) is 0 Å². The maximum Gasteiger partial charge on any atom is 0.252 e. The molecule has 166 valence electrons. The van der Waals surface area contributed by atoms with Gasteiger partial charge in [0.15, 0.2) is 0 Å². The minimum absolute atomic E-state index is 0.0932. The van der Waals surface area contributed by atoms with Gasteiger partial charge in [0.2, 0.25) is 5.91 Å². The molecular weight excluding hydrogens is 390 g/mol. The van der Waals surface area contributed by atoms with Crippen LogP contribution >= 0.6 is 0 Å². The van der Waals surface area contributed by atoms with E-state index >= 15 is 0 Å². The van der Waals surface area contributed by atoms with Crippen LogP contribution < -0.4 is 10.2 Å². The Bertz CT molecular complexity index is 857. The number of carbonyl (C=O) groups is 2. The number of aryl methyl sites for hydroxylation is 1. The molecule has 0 saturated carbocycles. The highest BCUT2D eigenvalue weighted by atomic mass is 16.2. The van der Waals surface area contributed by atoms with Crippen molar-refractivity contribution in [3.8, 4) is 0 Å². The normalized spacial score (nSPS) is 14.1. The van der Waals surface area contributed by atoms with E-state index in [0.29, 0.717) is 31.6 Å². The molecule has 1 aromatic carbocycles. The second kappa shape index (κ2) is 10.9. The summed E-state index contributed by atoms with van der Waals surface area (Å²) in [6.07, 6.45) is 2.99. The van der Waals surface area contributed by atoms with Crippen molar-refractivity contribution in [3.63, 3.8) is 0 Å². The van der Waals surface area contributed by atoms with E-state index in [1.165, 1.54) is 5.56 Å². The predicted molar refractivity (Wildman–Crippen MR) is 123 cm³/mol. The smallest absolute Gasteiger partial charge is 0.252 e. The molecule has 3 rings (SSSR count). The van der Waals surface area contributed by atoms with E-state index in [-0.39, 0.29) is 11.8 Å². The van der Waals surface area contributed by atoms with Crippen molar-refractivity contribution in [2.24, 2.45) is 0 Å². The number of anilines is 1. The minimum atomic E-state index is -0.0932. The van der Waals surface area contributed by atoms with Gasteiger partial charge in [-0.2, -0.15) is 0 Å². The van der Waals surface area contributed by atoms with Gasteiger partial charge in [-0.1, -0.05) is 29.8 Å². The Morgan fingerprint density at radius 3 is 2.35 bits per heavy atom. The number of hydrogen-bond donors (Lipinski definition) is 1. The Morgan fingerprint density at radius 2 is 1.74 bits per heavy atom. The maximum absolute atomic E-state index is 12.6. The standard InChI is InChI=1S/C24H33N5O2/c1-19-5-7-20(8-6-19)17-23(30)29-15-13-28(14-16-29)22-10-9-21(18-26-22)24(31)25-11-4-12-27(2)3/h5-10,18H,4,11-17H2,1-3H3,(H,25,31). The van der Waals surface area contributed by atoms with Crippen molar-refractivity contribution in [2.75, 3.05) is 58.3 Å². The van der Waals surface area contributed by atoms with Crippen LogP contribution in [-0.2, 0) is 11.2 Å². The van der Waals surface area contributed by atoms with Crippen LogP contribution in [-0.4, -0.2) is 80.0 Å². The average molecular weight is 424 g/mol. The fourth-order valence-electron chi connectivity index (χ4n) is 3.58. The van der Waals surface area contributed by atoms with Crippen molar-refractivity contribution in [1.82, 2.24) is 20.1 Å². The summed E-state index contributed by atoms with van der Waals surface area (Å²) in [5.41, 5.74) is 2.82. The summed E-state index contributed by atoms with van der Waals surface area (Å²) in [7, 11) is 4.04. The predicted octanol–water partition coefficient (Wildman–Crippen LogP) is 1.96. The molecule has 0 spiro atoms. The topological polar surface area (TPSA) is 68.8 Å². The van der Waals surface area contributed by atoms with E-state index in [0.717, 1.165) is 37.4 Å². The monoisotopic (exact) mass is 423 g/mol. The largest absolute Gasteiger partial charge is 0.353 e. The Kier molecular flexibility index (Phi) is 8.00. The summed E-state index contributed by atoms with van der Waals surface area (Å²) >= 11 is 0. The fourth-order valence-corrected chi connectivity index (χ4v) is 3.58. The van der Waals surface area contributed by atoms with Crippen molar-refractivity contribution in [1.29, 1.82) is 0 Å². The molecule has 1 fully saturated rings. The Balaban J connectivity index is 1.45. The minimum Gasteiger partial charge on any atom is -0.353 e. The van der Waals surface area contributed by atoms with Gasteiger partial charge in [-0.15, -0.1) is 0 Å². The summed E-state index contributed by atoms with van der Waals surface area (Å²) in [5.74, 6) is 0.914. The van der Waals surface area contributed by atoms with Gasteiger partial charge < -0.3 is 20.0 Å². The molecule has 0 bridgehead atoms. The Hall–Kier alpha value is -2.93. The van der Waals surface area contributed by atoms with Gasteiger partial charge in [-0.25, -0.2) is 4.98 Å². The lowest BCUT2D eigenvalue weighted by Gasteiger charge is -2.35. The lowest BCUT2D eigenvalue weighted by Crippen LogP contribution is -2.49. The molecule has 1 aliphatic heterocycles. The van der Waals surface area contributed by atoms with Crippen molar-refractivity contribution in [3.05, 3.63) is 59.3 Å². The molecule has 7 heteroatoms. The summed E-state index contributed by atoms with van der Waals surface area (Å²) in [6, 6.07) is 11.8. The number of hydrogen-bond acceptors (Lipinski definition) is 5. The summed E-state index contributed by atoms with van der Waals surface area (Å²) < 4.78 is 0. The van der Waals surface area contributed by atoms with Gasteiger partial charge in [-0.05, 0) is 51.7 Å². The molecule has 0 aliphatic carbocycles. The third kappa shape index (κ3) is 6.79. The van der Waals surface area contributed by atoms with E-state index in [2.05, 4.69) is 20.1 Å². The molecule has 1 saturated heterocycles. The molecule has 2 heterocycles. The molecule has 0 atom stereocenters. The second-order valence-electron chi connectivity index (χ2n) is 8.35. The first-order valence-electron chi connectivity index (χ1n) is 10.9. The first-order chi connectivity index (χ1) is 14.9. The number of pyridine rings is 1. The number of nitrogens with zero attached hydrogens (tertiary/aromatic N) is 4. The van der Waals surface area contributed by atoms with Gasteiger partial charge in [0.1, 0.15) is 5.82 Å². The Labute approximate surface area is 185 Å². The molecule has 31 heavy (non-hydrogen) atoms.